The van der Waals surface area contributed by atoms with Crippen molar-refractivity contribution < 1.29 is 9.53 Å². The number of aromatic nitrogens is 4. The Hall–Kier alpha value is -3.16. The molecular formula is C21H24N6O2. The van der Waals surface area contributed by atoms with Gasteiger partial charge in [-0.3, -0.25) is 4.79 Å². The third kappa shape index (κ3) is 3.08. The summed E-state index contributed by atoms with van der Waals surface area (Å²) in [6, 6.07) is 5.73. The molecule has 0 unspecified atom stereocenters. The molecule has 5 heterocycles. The lowest BCUT2D eigenvalue weighted by molar-refractivity contribution is -0.137. The Labute approximate surface area is 168 Å². The average molecular weight is 392 g/mol. The zero-order valence-corrected chi connectivity index (χ0v) is 16.5. The van der Waals surface area contributed by atoms with Crippen molar-refractivity contribution in [3.05, 3.63) is 42.4 Å². The standard InChI is InChI=1S/C21H24N6O2/c1-29-17-4-9-23-20(25-17)26-10-5-21(6-11-26)7-12-27(19(21)28)14-15-13-24-18-16(15)3-2-8-22-18/h2-4,8-9,13H,5-7,10-12,14H2,1H3,(H,22,24). The molecule has 0 radical (unpaired) electrons. The molecule has 2 aliphatic heterocycles. The molecule has 29 heavy (non-hydrogen) atoms. The topological polar surface area (TPSA) is 87.2 Å². The number of likely N-dealkylation sites (tertiary alicyclic amines) is 1. The first kappa shape index (κ1) is 17.9. The summed E-state index contributed by atoms with van der Waals surface area (Å²) in [5, 5.41) is 1.09. The average Bonchev–Trinajstić information content (AvgIpc) is 3.31. The summed E-state index contributed by atoms with van der Waals surface area (Å²) in [5.74, 6) is 1.52. The van der Waals surface area contributed by atoms with Crippen molar-refractivity contribution in [2.45, 2.75) is 25.8 Å². The molecule has 8 heteroatoms. The molecule has 1 amide bonds. The van der Waals surface area contributed by atoms with Crippen molar-refractivity contribution >= 4 is 22.9 Å². The molecule has 2 saturated heterocycles. The lowest BCUT2D eigenvalue weighted by atomic mass is 9.77. The Morgan fingerprint density at radius 2 is 1.97 bits per heavy atom. The molecule has 0 saturated carbocycles. The highest BCUT2D eigenvalue weighted by molar-refractivity contribution is 5.86. The smallest absolute Gasteiger partial charge is 0.229 e. The van der Waals surface area contributed by atoms with Crippen LogP contribution in [-0.4, -0.2) is 57.5 Å². The normalized spacial score (nSPS) is 18.7. The van der Waals surface area contributed by atoms with Gasteiger partial charge in [-0.05, 0) is 37.0 Å². The summed E-state index contributed by atoms with van der Waals surface area (Å²) < 4.78 is 5.20. The van der Waals surface area contributed by atoms with Gasteiger partial charge in [0, 0.05) is 56.2 Å². The first-order chi connectivity index (χ1) is 14.2. The van der Waals surface area contributed by atoms with Crippen LogP contribution in [0.1, 0.15) is 24.8 Å². The Morgan fingerprint density at radius 3 is 2.79 bits per heavy atom. The molecular weight excluding hydrogens is 368 g/mol. The number of carbonyl (C=O) groups is 1. The van der Waals surface area contributed by atoms with E-state index in [9.17, 15) is 4.79 Å². The molecule has 0 aliphatic carbocycles. The van der Waals surface area contributed by atoms with Crippen LogP contribution in [0.5, 0.6) is 5.88 Å². The molecule has 2 aliphatic rings. The monoisotopic (exact) mass is 392 g/mol. The molecule has 150 valence electrons. The van der Waals surface area contributed by atoms with Gasteiger partial charge in [-0.1, -0.05) is 0 Å². The molecule has 3 aromatic heterocycles. The van der Waals surface area contributed by atoms with E-state index in [1.165, 1.54) is 0 Å². The zero-order valence-electron chi connectivity index (χ0n) is 16.5. The maximum Gasteiger partial charge on any atom is 0.229 e. The number of nitrogens with zero attached hydrogens (tertiary/aromatic N) is 5. The fourth-order valence-electron chi connectivity index (χ4n) is 4.59. The lowest BCUT2D eigenvalue weighted by Crippen LogP contribution is -2.45. The fourth-order valence-corrected chi connectivity index (χ4v) is 4.59. The molecule has 8 nitrogen and oxygen atoms in total. The summed E-state index contributed by atoms with van der Waals surface area (Å²) in [7, 11) is 1.60. The summed E-state index contributed by atoms with van der Waals surface area (Å²) in [4.78, 5) is 33.8. The van der Waals surface area contributed by atoms with E-state index in [0.717, 1.165) is 55.5 Å². The number of pyridine rings is 1. The van der Waals surface area contributed by atoms with Crippen molar-refractivity contribution in [1.29, 1.82) is 0 Å². The zero-order chi connectivity index (χ0) is 19.8. The van der Waals surface area contributed by atoms with Crippen molar-refractivity contribution in [1.82, 2.24) is 24.8 Å². The Kier molecular flexibility index (Phi) is 4.34. The summed E-state index contributed by atoms with van der Waals surface area (Å²) >= 11 is 0. The van der Waals surface area contributed by atoms with Gasteiger partial charge in [0.2, 0.25) is 17.7 Å². The molecule has 0 aromatic carbocycles. The maximum absolute atomic E-state index is 13.3. The van der Waals surface area contributed by atoms with Crippen LogP contribution in [-0.2, 0) is 11.3 Å². The van der Waals surface area contributed by atoms with Gasteiger partial charge in [0.15, 0.2) is 0 Å². The molecule has 0 bridgehead atoms. The minimum atomic E-state index is -0.250. The third-order valence-electron chi connectivity index (χ3n) is 6.33. The Morgan fingerprint density at radius 1 is 1.14 bits per heavy atom. The molecule has 0 atom stereocenters. The van der Waals surface area contributed by atoms with E-state index in [2.05, 4.69) is 30.9 Å². The first-order valence-corrected chi connectivity index (χ1v) is 10.0. The number of rotatable bonds is 4. The van der Waals surface area contributed by atoms with Gasteiger partial charge in [0.05, 0.1) is 12.5 Å². The van der Waals surface area contributed by atoms with E-state index in [4.69, 9.17) is 4.74 Å². The molecule has 1 N–H and O–H groups in total. The van der Waals surface area contributed by atoms with Gasteiger partial charge in [0.25, 0.3) is 0 Å². The Bertz CT molecular complexity index is 1040. The van der Waals surface area contributed by atoms with Gasteiger partial charge in [-0.15, -0.1) is 0 Å². The highest BCUT2D eigenvalue weighted by Crippen LogP contribution is 2.42. The predicted octanol–water partition coefficient (Wildman–Crippen LogP) is 2.38. The number of H-pyrrole nitrogens is 1. The minimum Gasteiger partial charge on any atom is -0.481 e. The van der Waals surface area contributed by atoms with E-state index in [0.29, 0.717) is 18.4 Å². The number of hydrogen-bond acceptors (Lipinski definition) is 6. The number of carbonyl (C=O) groups excluding carboxylic acids is 1. The van der Waals surface area contributed by atoms with Crippen molar-refractivity contribution in [3.63, 3.8) is 0 Å². The SMILES string of the molecule is COc1ccnc(N2CCC3(CCN(Cc4c[nH]c5ncccc45)C3=O)CC2)n1. The van der Waals surface area contributed by atoms with E-state index in [1.54, 1.807) is 25.6 Å². The van der Waals surface area contributed by atoms with Crippen molar-refractivity contribution in [2.24, 2.45) is 5.41 Å². The van der Waals surface area contributed by atoms with Crippen LogP contribution in [0.3, 0.4) is 0 Å². The van der Waals surface area contributed by atoms with Crippen LogP contribution in [0.2, 0.25) is 0 Å². The number of hydrogen-bond donors (Lipinski definition) is 1. The highest BCUT2D eigenvalue weighted by Gasteiger charge is 2.48. The van der Waals surface area contributed by atoms with E-state index in [-0.39, 0.29) is 11.3 Å². The summed E-state index contributed by atoms with van der Waals surface area (Å²) in [5.41, 5.74) is 1.75. The highest BCUT2D eigenvalue weighted by atomic mass is 16.5. The largest absolute Gasteiger partial charge is 0.481 e. The van der Waals surface area contributed by atoms with Crippen LogP contribution >= 0.6 is 0 Å². The van der Waals surface area contributed by atoms with Crippen LogP contribution in [0.15, 0.2) is 36.8 Å². The first-order valence-electron chi connectivity index (χ1n) is 10.0. The number of ether oxygens (including phenoxy) is 1. The molecule has 2 fully saturated rings. The van der Waals surface area contributed by atoms with Gasteiger partial charge >= 0.3 is 0 Å². The number of nitrogens with one attached hydrogen (secondary N) is 1. The van der Waals surface area contributed by atoms with Crippen LogP contribution in [0.25, 0.3) is 11.0 Å². The lowest BCUT2D eigenvalue weighted by Gasteiger charge is -2.38. The van der Waals surface area contributed by atoms with Crippen molar-refractivity contribution in [2.75, 3.05) is 31.6 Å². The van der Waals surface area contributed by atoms with E-state index < -0.39 is 0 Å². The molecule has 5 rings (SSSR count). The van der Waals surface area contributed by atoms with Crippen molar-refractivity contribution in [3.8, 4) is 5.88 Å². The maximum atomic E-state index is 13.3. The Balaban J connectivity index is 1.27. The number of piperidine rings is 1. The van der Waals surface area contributed by atoms with Gasteiger partial charge in [-0.25, -0.2) is 9.97 Å². The number of fused-ring (bicyclic) bond motifs is 1. The van der Waals surface area contributed by atoms with Gasteiger partial charge in [0.1, 0.15) is 5.65 Å². The van der Waals surface area contributed by atoms with Crippen LogP contribution < -0.4 is 9.64 Å². The van der Waals surface area contributed by atoms with Gasteiger partial charge in [-0.2, -0.15) is 4.98 Å². The van der Waals surface area contributed by atoms with Crippen LogP contribution in [0.4, 0.5) is 5.95 Å². The summed E-state index contributed by atoms with van der Waals surface area (Å²) in [6.45, 7) is 3.00. The quantitative estimate of drug-likeness (QED) is 0.734. The second-order valence-electron chi connectivity index (χ2n) is 7.86. The molecule has 3 aromatic rings. The second-order valence-corrected chi connectivity index (χ2v) is 7.86. The minimum absolute atomic E-state index is 0.250. The second kappa shape index (κ2) is 7.02. The van der Waals surface area contributed by atoms with Gasteiger partial charge < -0.3 is 19.5 Å². The number of anilines is 1. The predicted molar refractivity (Wildman–Crippen MR) is 109 cm³/mol. The van der Waals surface area contributed by atoms with E-state index >= 15 is 0 Å². The third-order valence-corrected chi connectivity index (χ3v) is 6.33. The van der Waals surface area contributed by atoms with Crippen LogP contribution in [0, 0.1) is 5.41 Å². The number of methoxy groups -OCH3 is 1. The molecule has 1 spiro atoms. The van der Waals surface area contributed by atoms with E-state index in [1.807, 2.05) is 17.2 Å². The summed E-state index contributed by atoms with van der Waals surface area (Å²) in [6.07, 6.45) is 8.04. The fraction of sp³-hybridized carbons (Fsp3) is 0.429. The number of aromatic amines is 1. The number of amides is 1.